The van der Waals surface area contributed by atoms with Crippen molar-refractivity contribution in [2.75, 3.05) is 20.3 Å². The van der Waals surface area contributed by atoms with E-state index < -0.39 is 36.3 Å². The van der Waals surface area contributed by atoms with Crippen LogP contribution in [0.1, 0.15) is 118 Å². The molecule has 0 aliphatic carbocycles. The molecule has 0 aromatic rings. The fourth-order valence-electron chi connectivity index (χ4n) is 5.63. The lowest BCUT2D eigenvalue weighted by Gasteiger charge is -2.23. The predicted molar refractivity (Wildman–Crippen MR) is 173 cm³/mol. The molecule has 0 saturated carbocycles. The molecule has 44 heavy (non-hydrogen) atoms. The van der Waals surface area contributed by atoms with Crippen LogP contribution in [0.3, 0.4) is 0 Å². The molecule has 0 fully saturated rings. The van der Waals surface area contributed by atoms with Crippen molar-refractivity contribution in [1.82, 2.24) is 5.32 Å². The van der Waals surface area contributed by atoms with Gasteiger partial charge < -0.3 is 30.1 Å². The molecule has 0 aromatic heterocycles. The van der Waals surface area contributed by atoms with E-state index in [-0.39, 0.29) is 31.2 Å². The first kappa shape index (κ1) is 40.0. The highest BCUT2D eigenvalue weighted by Crippen LogP contribution is 2.22. The summed E-state index contributed by atoms with van der Waals surface area (Å²) < 4.78 is 10.9. The van der Waals surface area contributed by atoms with Crippen LogP contribution in [-0.4, -0.2) is 77.7 Å². The number of nitrogens with one attached hydrogen (secondary N) is 1. The Morgan fingerprint density at radius 1 is 0.932 bits per heavy atom. The monoisotopic (exact) mass is 623 g/mol. The molecule has 7 atom stereocenters. The summed E-state index contributed by atoms with van der Waals surface area (Å²) in [5.41, 5.74) is 0.973. The Balaban J connectivity index is 2.96. The molecule has 1 unspecified atom stereocenters. The highest BCUT2D eigenvalue weighted by atomic mass is 16.5. The van der Waals surface area contributed by atoms with Crippen LogP contribution in [0, 0.1) is 17.8 Å². The van der Waals surface area contributed by atoms with Crippen molar-refractivity contribution in [2.24, 2.45) is 17.8 Å². The number of β-amino-alcohol motifs (C(OH)–C–C–N with tert-alkyl or cyclic N) is 1. The molecule has 0 spiro atoms. The molecule has 1 aliphatic rings. The van der Waals surface area contributed by atoms with Crippen LogP contribution in [0.4, 0.5) is 0 Å². The zero-order valence-electron chi connectivity index (χ0n) is 28.0. The molecule has 0 bridgehead atoms. The second kappa shape index (κ2) is 23.3. The summed E-state index contributed by atoms with van der Waals surface area (Å²) in [4.78, 5) is 38.1. The van der Waals surface area contributed by atoms with E-state index in [0.29, 0.717) is 56.8 Å². The Bertz CT molecular complexity index is 888. The molecule has 254 valence electrons. The standard InChI is InChI=1S/C35H61NO8/c1-6-12-33-34(41)36-23-30(38)22-32(40)31(39)20-19-28(24-43-5)16-10-14-27(7-2)15-11-18-29(37)17-9-8-13-25(3)21-26(4)35(42)44-33/h10,14,16,25-27,30-33,38-40H,6-9,11-13,15,17-24H2,1-5H3,(H,36,41)/b14-10+,28-16-/t25-,26+,27+,30+,31-,32+,33?/m1/s1. The molecule has 1 rings (SSSR count). The number of methoxy groups -OCH3 is 1. The van der Waals surface area contributed by atoms with E-state index in [2.05, 4.69) is 25.2 Å². The minimum atomic E-state index is -1.17. The van der Waals surface area contributed by atoms with Gasteiger partial charge in [-0.3, -0.25) is 14.4 Å². The molecule has 1 amide bonds. The van der Waals surface area contributed by atoms with Crippen LogP contribution in [0.5, 0.6) is 0 Å². The third kappa shape index (κ3) is 17.4. The van der Waals surface area contributed by atoms with Gasteiger partial charge in [0.2, 0.25) is 0 Å². The minimum Gasteiger partial charge on any atom is -0.452 e. The number of esters is 1. The Morgan fingerprint density at radius 3 is 2.34 bits per heavy atom. The van der Waals surface area contributed by atoms with Crippen LogP contribution >= 0.6 is 0 Å². The van der Waals surface area contributed by atoms with Crippen LogP contribution < -0.4 is 5.32 Å². The minimum absolute atomic E-state index is 0.113. The first-order valence-electron chi connectivity index (χ1n) is 16.9. The van der Waals surface area contributed by atoms with Crippen LogP contribution in [-0.2, 0) is 23.9 Å². The van der Waals surface area contributed by atoms with E-state index in [0.717, 1.165) is 44.1 Å². The smallest absolute Gasteiger partial charge is 0.309 e. The number of Topliss-reactive ketones (excluding diaryl/α,β-unsaturated/α-hetero) is 1. The van der Waals surface area contributed by atoms with Gasteiger partial charge in [-0.15, -0.1) is 0 Å². The number of aliphatic hydroxyl groups is 3. The molecule has 9 nitrogen and oxygen atoms in total. The molecule has 1 aliphatic heterocycles. The van der Waals surface area contributed by atoms with Crippen LogP contribution in [0.25, 0.3) is 0 Å². The van der Waals surface area contributed by atoms with E-state index in [9.17, 15) is 29.7 Å². The lowest BCUT2D eigenvalue weighted by atomic mass is 9.92. The number of hydrogen-bond acceptors (Lipinski definition) is 8. The van der Waals surface area contributed by atoms with Crippen molar-refractivity contribution in [2.45, 2.75) is 142 Å². The lowest BCUT2D eigenvalue weighted by molar-refractivity contribution is -0.160. The zero-order valence-corrected chi connectivity index (χ0v) is 28.0. The van der Waals surface area contributed by atoms with E-state index in [1.165, 1.54) is 0 Å². The van der Waals surface area contributed by atoms with Gasteiger partial charge in [0.15, 0.2) is 6.10 Å². The maximum absolute atomic E-state index is 12.8. The number of amides is 1. The number of cyclic esters (lactones) is 1. The summed E-state index contributed by atoms with van der Waals surface area (Å²) in [6.07, 6.45) is 10.9. The molecule has 4 N–H and O–H groups in total. The van der Waals surface area contributed by atoms with Gasteiger partial charge in [0.1, 0.15) is 5.78 Å². The van der Waals surface area contributed by atoms with Crippen molar-refractivity contribution in [3.05, 3.63) is 23.8 Å². The van der Waals surface area contributed by atoms with Crippen LogP contribution in [0.15, 0.2) is 23.8 Å². The average Bonchev–Trinajstić information content (AvgIpc) is 2.98. The fraction of sp³-hybridized carbons (Fsp3) is 0.800. The van der Waals surface area contributed by atoms with Gasteiger partial charge in [-0.05, 0) is 68.8 Å². The first-order chi connectivity index (χ1) is 21.0. The number of carbonyl (C=O) groups is 3. The second-order valence-electron chi connectivity index (χ2n) is 12.8. The number of hydrogen-bond donors (Lipinski definition) is 4. The summed E-state index contributed by atoms with van der Waals surface area (Å²) >= 11 is 0. The summed E-state index contributed by atoms with van der Waals surface area (Å²) in [5, 5.41) is 34.1. The Kier molecular flexibility index (Phi) is 21.2. The maximum atomic E-state index is 12.8. The summed E-state index contributed by atoms with van der Waals surface area (Å²) in [7, 11) is 1.61. The van der Waals surface area contributed by atoms with Gasteiger partial charge in [0, 0.05) is 32.9 Å². The number of aliphatic hydroxyl groups excluding tert-OH is 3. The molecular formula is C35H61NO8. The van der Waals surface area contributed by atoms with E-state index in [1.54, 1.807) is 7.11 Å². The SMILES string of the molecule is CCCC1OC(=O)[C@@H](C)C[C@H](C)CCCCC(=O)CCC[C@@H](CC)/C=C/C=C(\COC)CC[C@@H](O)[C@@H](O)C[C@H](O)CNC1=O. The highest BCUT2D eigenvalue weighted by Gasteiger charge is 2.27. The molecule has 9 heteroatoms. The number of rotatable bonds is 5. The summed E-state index contributed by atoms with van der Waals surface area (Å²) in [5.74, 6) is -0.318. The van der Waals surface area contributed by atoms with Crippen molar-refractivity contribution < 1.29 is 39.2 Å². The lowest BCUT2D eigenvalue weighted by Crippen LogP contribution is -2.43. The van der Waals surface area contributed by atoms with Crippen molar-refractivity contribution in [3.8, 4) is 0 Å². The number of ketones is 1. The third-order valence-electron chi connectivity index (χ3n) is 8.49. The number of allylic oxidation sites excluding steroid dienone is 3. The van der Waals surface area contributed by atoms with Gasteiger partial charge in [-0.2, -0.15) is 0 Å². The zero-order chi connectivity index (χ0) is 32.9. The van der Waals surface area contributed by atoms with Crippen molar-refractivity contribution in [1.29, 1.82) is 0 Å². The predicted octanol–water partition coefficient (Wildman–Crippen LogP) is 5.20. The third-order valence-corrected chi connectivity index (χ3v) is 8.49. The average molecular weight is 624 g/mol. The molecule has 1 heterocycles. The Labute approximate surface area is 265 Å². The molecule has 0 radical (unpaired) electrons. The quantitative estimate of drug-likeness (QED) is 0.306. The highest BCUT2D eigenvalue weighted by molar-refractivity contribution is 5.84. The number of ether oxygens (including phenoxy) is 2. The largest absolute Gasteiger partial charge is 0.452 e. The molecule has 0 saturated heterocycles. The van der Waals surface area contributed by atoms with Gasteiger partial charge >= 0.3 is 5.97 Å². The van der Waals surface area contributed by atoms with Crippen LogP contribution in [0.2, 0.25) is 0 Å². The topological polar surface area (TPSA) is 142 Å². The van der Waals surface area contributed by atoms with E-state index in [4.69, 9.17) is 9.47 Å². The van der Waals surface area contributed by atoms with E-state index in [1.807, 2.05) is 26.0 Å². The Morgan fingerprint density at radius 2 is 1.66 bits per heavy atom. The first-order valence-corrected chi connectivity index (χ1v) is 16.9. The number of carbonyl (C=O) groups excluding carboxylic acids is 3. The summed E-state index contributed by atoms with van der Waals surface area (Å²) in [6.45, 7) is 8.21. The van der Waals surface area contributed by atoms with Crippen molar-refractivity contribution in [3.63, 3.8) is 0 Å². The van der Waals surface area contributed by atoms with Crippen molar-refractivity contribution >= 4 is 17.7 Å². The maximum Gasteiger partial charge on any atom is 0.309 e. The van der Waals surface area contributed by atoms with E-state index >= 15 is 0 Å². The van der Waals surface area contributed by atoms with Gasteiger partial charge in [-0.1, -0.05) is 65.2 Å². The Hall–Kier alpha value is -2.07. The molecule has 0 aromatic carbocycles. The van der Waals surface area contributed by atoms with Gasteiger partial charge in [0.25, 0.3) is 5.91 Å². The second-order valence-corrected chi connectivity index (χ2v) is 12.8. The molecular weight excluding hydrogens is 562 g/mol. The van der Waals surface area contributed by atoms with Gasteiger partial charge in [0.05, 0.1) is 30.8 Å². The van der Waals surface area contributed by atoms with Gasteiger partial charge in [-0.25, -0.2) is 0 Å². The summed E-state index contributed by atoms with van der Waals surface area (Å²) in [6, 6.07) is 0. The fourth-order valence-corrected chi connectivity index (χ4v) is 5.63. The normalized spacial score (nSPS) is 32.8.